The van der Waals surface area contributed by atoms with Crippen LogP contribution in [-0.2, 0) is 24.0 Å². The average molecular weight is 502 g/mol. The molecule has 35 heavy (non-hydrogen) atoms. The molecule has 0 bridgehead atoms. The summed E-state index contributed by atoms with van der Waals surface area (Å²) in [5.74, 6) is -5.66. The van der Waals surface area contributed by atoms with Crippen LogP contribution in [-0.4, -0.2) is 76.5 Å². The van der Waals surface area contributed by atoms with Gasteiger partial charge in [-0.05, 0) is 24.7 Å². The van der Waals surface area contributed by atoms with Crippen LogP contribution < -0.4 is 33.2 Å². The number of carboxylic acids is 2. The SMILES string of the molecule is CCC(C)C(NC(=O)C(CCCN=C(N)N)NC(=O)C(N)CC(=O)O)C(=O)NC(C(=O)O)C(C)C. The summed E-state index contributed by atoms with van der Waals surface area (Å²) < 4.78 is 0. The van der Waals surface area contributed by atoms with E-state index in [0.29, 0.717) is 6.42 Å². The number of nitrogens with one attached hydrogen (secondary N) is 3. The summed E-state index contributed by atoms with van der Waals surface area (Å²) in [5, 5.41) is 25.7. The Bertz CT molecular complexity index is 784. The molecule has 14 heteroatoms. The molecule has 0 rings (SSSR count). The van der Waals surface area contributed by atoms with Crippen molar-refractivity contribution >= 4 is 35.6 Å². The maximum absolute atomic E-state index is 13.1. The number of nitrogens with zero attached hydrogens (tertiary/aromatic N) is 1. The third kappa shape index (κ3) is 12.0. The van der Waals surface area contributed by atoms with Crippen LogP contribution in [0, 0.1) is 11.8 Å². The maximum atomic E-state index is 13.1. The molecule has 0 fully saturated rings. The van der Waals surface area contributed by atoms with Gasteiger partial charge in [-0.25, -0.2) is 4.79 Å². The monoisotopic (exact) mass is 501 g/mol. The van der Waals surface area contributed by atoms with E-state index in [1.165, 1.54) is 0 Å². The van der Waals surface area contributed by atoms with Gasteiger partial charge in [-0.15, -0.1) is 0 Å². The Morgan fingerprint density at radius 1 is 0.886 bits per heavy atom. The molecule has 0 heterocycles. The van der Waals surface area contributed by atoms with Gasteiger partial charge in [0.15, 0.2) is 5.96 Å². The van der Waals surface area contributed by atoms with Gasteiger partial charge in [-0.2, -0.15) is 0 Å². The number of hydrogen-bond donors (Lipinski definition) is 8. The van der Waals surface area contributed by atoms with E-state index in [1.807, 2.05) is 0 Å². The first-order chi connectivity index (χ1) is 16.2. The predicted molar refractivity (Wildman–Crippen MR) is 128 cm³/mol. The summed E-state index contributed by atoms with van der Waals surface area (Å²) in [5.41, 5.74) is 16.2. The van der Waals surface area contributed by atoms with Crippen molar-refractivity contribution in [2.24, 2.45) is 34.0 Å². The molecule has 11 N–H and O–H groups in total. The van der Waals surface area contributed by atoms with Crippen LogP contribution in [0.1, 0.15) is 53.4 Å². The van der Waals surface area contributed by atoms with Crippen molar-refractivity contribution in [3.05, 3.63) is 0 Å². The summed E-state index contributed by atoms with van der Waals surface area (Å²) in [6.07, 6.45) is 0.187. The fourth-order valence-corrected chi connectivity index (χ4v) is 3.04. The van der Waals surface area contributed by atoms with Crippen molar-refractivity contribution in [3.8, 4) is 0 Å². The molecule has 0 aliphatic carbocycles. The van der Waals surface area contributed by atoms with Crippen LogP contribution in [0.2, 0.25) is 0 Å². The van der Waals surface area contributed by atoms with Crippen LogP contribution in [0.5, 0.6) is 0 Å². The molecule has 5 atom stereocenters. The molecule has 0 saturated heterocycles. The van der Waals surface area contributed by atoms with Gasteiger partial charge < -0.3 is 43.4 Å². The number of aliphatic imine (C=N–C) groups is 1. The highest BCUT2D eigenvalue weighted by Crippen LogP contribution is 2.11. The molecule has 5 unspecified atom stereocenters. The largest absolute Gasteiger partial charge is 0.481 e. The van der Waals surface area contributed by atoms with Crippen molar-refractivity contribution in [2.45, 2.75) is 77.5 Å². The van der Waals surface area contributed by atoms with Crippen LogP contribution in [0.25, 0.3) is 0 Å². The highest BCUT2D eigenvalue weighted by molar-refractivity contribution is 5.94. The minimum absolute atomic E-state index is 0.0622. The second kappa shape index (κ2) is 15.5. The Hall–Kier alpha value is -3.42. The summed E-state index contributed by atoms with van der Waals surface area (Å²) in [4.78, 5) is 64.5. The maximum Gasteiger partial charge on any atom is 0.326 e. The van der Waals surface area contributed by atoms with E-state index in [9.17, 15) is 29.1 Å². The number of aliphatic carboxylic acids is 2. The van der Waals surface area contributed by atoms with Gasteiger partial charge in [0.05, 0.1) is 12.5 Å². The molecule has 0 aromatic rings. The molecular weight excluding hydrogens is 462 g/mol. The third-order valence-corrected chi connectivity index (χ3v) is 5.33. The minimum atomic E-state index is -1.39. The topological polar surface area (TPSA) is 252 Å². The van der Waals surface area contributed by atoms with Gasteiger partial charge in [-0.1, -0.05) is 34.1 Å². The Balaban J connectivity index is 5.67. The van der Waals surface area contributed by atoms with Crippen LogP contribution in [0.4, 0.5) is 0 Å². The standard InChI is InChI=1S/C21H39N7O7/c1-5-11(4)16(19(33)27-15(10(2)3)20(34)35)28-18(32)13(7-6-8-25-21(23)24)26-17(31)12(22)9-14(29)30/h10-13,15-16H,5-9,22H2,1-4H3,(H,26,31)(H,27,33)(H,28,32)(H,29,30)(H,34,35)(H4,23,24,25). The van der Waals surface area contributed by atoms with E-state index in [0.717, 1.165) is 0 Å². The number of carbonyl (C=O) groups is 5. The van der Waals surface area contributed by atoms with E-state index >= 15 is 0 Å². The van der Waals surface area contributed by atoms with Crippen molar-refractivity contribution < 1.29 is 34.2 Å². The summed E-state index contributed by atoms with van der Waals surface area (Å²) >= 11 is 0. The van der Waals surface area contributed by atoms with E-state index in [2.05, 4.69) is 20.9 Å². The summed E-state index contributed by atoms with van der Waals surface area (Å²) in [7, 11) is 0. The Kier molecular flexibility index (Phi) is 14.0. The summed E-state index contributed by atoms with van der Waals surface area (Å²) in [6.45, 7) is 6.95. The molecule has 200 valence electrons. The molecule has 0 aromatic heterocycles. The quantitative estimate of drug-likeness (QED) is 0.0661. The van der Waals surface area contributed by atoms with E-state index < -0.39 is 66.2 Å². The first kappa shape index (κ1) is 31.6. The van der Waals surface area contributed by atoms with Crippen LogP contribution in [0.15, 0.2) is 4.99 Å². The molecule has 0 aliphatic rings. The van der Waals surface area contributed by atoms with Gasteiger partial charge in [0.25, 0.3) is 0 Å². The zero-order valence-electron chi connectivity index (χ0n) is 20.6. The summed E-state index contributed by atoms with van der Waals surface area (Å²) in [6, 6.07) is -4.80. The first-order valence-corrected chi connectivity index (χ1v) is 11.4. The number of carboxylic acid groups (broad SMARTS) is 2. The Labute approximate surface area is 204 Å². The smallest absolute Gasteiger partial charge is 0.326 e. The number of hydrogen-bond acceptors (Lipinski definition) is 7. The lowest BCUT2D eigenvalue weighted by molar-refractivity contribution is -0.144. The molecule has 0 radical (unpaired) electrons. The molecule has 0 aliphatic heterocycles. The second-order valence-corrected chi connectivity index (χ2v) is 8.65. The highest BCUT2D eigenvalue weighted by atomic mass is 16.4. The Morgan fingerprint density at radius 3 is 1.91 bits per heavy atom. The first-order valence-electron chi connectivity index (χ1n) is 11.4. The lowest BCUT2D eigenvalue weighted by Crippen LogP contribution is -2.59. The van der Waals surface area contributed by atoms with Gasteiger partial charge in [0.1, 0.15) is 18.1 Å². The van der Waals surface area contributed by atoms with Crippen molar-refractivity contribution in [3.63, 3.8) is 0 Å². The van der Waals surface area contributed by atoms with E-state index in [1.54, 1.807) is 27.7 Å². The van der Waals surface area contributed by atoms with Crippen LogP contribution in [0.3, 0.4) is 0 Å². The van der Waals surface area contributed by atoms with Crippen LogP contribution >= 0.6 is 0 Å². The highest BCUT2D eigenvalue weighted by Gasteiger charge is 2.33. The zero-order chi connectivity index (χ0) is 27.3. The van der Waals surface area contributed by atoms with Crippen molar-refractivity contribution in [2.75, 3.05) is 6.54 Å². The predicted octanol–water partition coefficient (Wildman–Crippen LogP) is -1.92. The number of nitrogens with two attached hydrogens (primary N) is 3. The normalized spacial score (nSPS) is 15.1. The molecular formula is C21H39N7O7. The average Bonchev–Trinajstić information content (AvgIpc) is 2.75. The van der Waals surface area contributed by atoms with Gasteiger partial charge in [-0.3, -0.25) is 24.2 Å². The second-order valence-electron chi connectivity index (χ2n) is 8.65. The Morgan fingerprint density at radius 2 is 1.46 bits per heavy atom. The lowest BCUT2D eigenvalue weighted by Gasteiger charge is -2.28. The molecule has 0 saturated carbocycles. The molecule has 0 spiro atoms. The van der Waals surface area contributed by atoms with Crippen molar-refractivity contribution in [1.82, 2.24) is 16.0 Å². The number of rotatable bonds is 16. The van der Waals surface area contributed by atoms with E-state index in [-0.39, 0.29) is 31.3 Å². The fraction of sp³-hybridized carbons (Fsp3) is 0.714. The molecule has 14 nitrogen and oxygen atoms in total. The van der Waals surface area contributed by atoms with Gasteiger partial charge in [0, 0.05) is 6.54 Å². The van der Waals surface area contributed by atoms with Gasteiger partial charge in [0.2, 0.25) is 17.7 Å². The third-order valence-electron chi connectivity index (χ3n) is 5.33. The van der Waals surface area contributed by atoms with E-state index in [4.69, 9.17) is 22.3 Å². The van der Waals surface area contributed by atoms with Crippen molar-refractivity contribution in [1.29, 1.82) is 0 Å². The number of carbonyl (C=O) groups excluding carboxylic acids is 3. The molecule has 0 aromatic carbocycles. The zero-order valence-corrected chi connectivity index (χ0v) is 20.6. The lowest BCUT2D eigenvalue weighted by atomic mass is 9.96. The minimum Gasteiger partial charge on any atom is -0.481 e. The van der Waals surface area contributed by atoms with Gasteiger partial charge >= 0.3 is 11.9 Å². The fourth-order valence-electron chi connectivity index (χ4n) is 3.04. The molecule has 3 amide bonds. The number of guanidine groups is 1. The number of amides is 3.